The van der Waals surface area contributed by atoms with Crippen LogP contribution in [0.2, 0.25) is 0 Å². The van der Waals surface area contributed by atoms with Crippen molar-refractivity contribution in [1.82, 2.24) is 10.1 Å². The minimum atomic E-state index is 0.0728. The molecule has 0 saturated carbocycles. The van der Waals surface area contributed by atoms with Crippen LogP contribution >= 0.6 is 11.8 Å². The van der Waals surface area contributed by atoms with E-state index in [1.54, 1.807) is 11.8 Å². The lowest BCUT2D eigenvalue weighted by Gasteiger charge is -2.05. The molecule has 0 spiro atoms. The van der Waals surface area contributed by atoms with Gasteiger partial charge in [-0.3, -0.25) is 0 Å². The van der Waals surface area contributed by atoms with Gasteiger partial charge in [0.25, 0.3) is 0 Å². The predicted octanol–water partition coefficient (Wildman–Crippen LogP) is 3.51. The van der Waals surface area contributed by atoms with Gasteiger partial charge in [-0.25, -0.2) is 0 Å². The summed E-state index contributed by atoms with van der Waals surface area (Å²) in [5.74, 6) is 2.43. The van der Waals surface area contributed by atoms with Crippen LogP contribution in [0.25, 0.3) is 0 Å². The minimum Gasteiger partial charge on any atom is -0.338 e. The fourth-order valence-corrected chi connectivity index (χ4v) is 2.31. The number of nitrogens with two attached hydrogens (primary N) is 1. The molecule has 2 aromatic rings. The molecule has 0 saturated heterocycles. The highest BCUT2D eigenvalue weighted by molar-refractivity contribution is 7.98. The number of aromatic nitrogens is 2. The van der Waals surface area contributed by atoms with Crippen molar-refractivity contribution < 1.29 is 4.52 Å². The van der Waals surface area contributed by atoms with Crippen LogP contribution in [0, 0.1) is 0 Å². The highest BCUT2D eigenvalue weighted by atomic mass is 32.2. The van der Waals surface area contributed by atoms with Crippen molar-refractivity contribution in [2.24, 2.45) is 5.73 Å². The van der Waals surface area contributed by atoms with Crippen LogP contribution in [-0.2, 0) is 5.75 Å². The Bertz CT molecular complexity index is 520. The van der Waals surface area contributed by atoms with Crippen LogP contribution in [0.3, 0.4) is 0 Å². The lowest BCUT2D eigenvalue weighted by atomic mass is 10.1. The van der Waals surface area contributed by atoms with E-state index in [2.05, 4.69) is 48.3 Å². The molecule has 1 aromatic heterocycles. The summed E-state index contributed by atoms with van der Waals surface area (Å²) >= 11 is 1.68. The number of benzene rings is 1. The van der Waals surface area contributed by atoms with Gasteiger partial charge in [0.1, 0.15) is 0 Å². The number of rotatable bonds is 5. The zero-order valence-electron chi connectivity index (χ0n) is 11.5. The van der Waals surface area contributed by atoms with Crippen molar-refractivity contribution in [3.05, 3.63) is 41.5 Å². The smallest absolute Gasteiger partial charge is 0.237 e. The second-order valence-electron chi connectivity index (χ2n) is 4.85. The Hall–Kier alpha value is -1.33. The first-order valence-electron chi connectivity index (χ1n) is 6.37. The normalized spacial score (nSPS) is 12.9. The maximum atomic E-state index is 5.82. The Labute approximate surface area is 117 Å². The molecule has 5 heteroatoms. The molecule has 0 aliphatic heterocycles. The monoisotopic (exact) mass is 277 g/mol. The van der Waals surface area contributed by atoms with Crippen LogP contribution in [0.15, 0.2) is 33.7 Å². The fraction of sp³-hybridized carbons (Fsp3) is 0.429. The highest BCUT2D eigenvalue weighted by Crippen LogP contribution is 2.24. The second-order valence-corrected chi connectivity index (χ2v) is 5.90. The van der Waals surface area contributed by atoms with Gasteiger partial charge in [0, 0.05) is 16.9 Å². The van der Waals surface area contributed by atoms with Gasteiger partial charge in [-0.05, 0) is 24.6 Å². The van der Waals surface area contributed by atoms with E-state index < -0.39 is 0 Å². The van der Waals surface area contributed by atoms with E-state index >= 15 is 0 Å². The van der Waals surface area contributed by atoms with Gasteiger partial charge in [-0.2, -0.15) is 4.98 Å². The Morgan fingerprint density at radius 1 is 1.21 bits per heavy atom. The van der Waals surface area contributed by atoms with E-state index in [1.807, 2.05) is 6.92 Å². The quantitative estimate of drug-likeness (QED) is 0.847. The van der Waals surface area contributed by atoms with Crippen LogP contribution in [0.1, 0.15) is 50.0 Å². The third-order valence-corrected chi connectivity index (χ3v) is 3.77. The zero-order valence-corrected chi connectivity index (χ0v) is 12.3. The van der Waals surface area contributed by atoms with E-state index in [9.17, 15) is 0 Å². The van der Waals surface area contributed by atoms with Gasteiger partial charge in [0.05, 0.1) is 5.75 Å². The molecule has 0 radical (unpaired) electrons. The van der Waals surface area contributed by atoms with Gasteiger partial charge in [0.2, 0.25) is 5.89 Å². The molecule has 0 fully saturated rings. The minimum absolute atomic E-state index is 0.0728. The first-order chi connectivity index (χ1) is 9.06. The number of thioether (sulfide) groups is 1. The van der Waals surface area contributed by atoms with E-state index in [-0.39, 0.29) is 6.04 Å². The Kier molecular flexibility index (Phi) is 4.61. The van der Waals surface area contributed by atoms with E-state index in [1.165, 1.54) is 4.90 Å². The van der Waals surface area contributed by atoms with Gasteiger partial charge >= 0.3 is 0 Å². The number of hydrogen-bond acceptors (Lipinski definition) is 5. The number of nitrogens with zero attached hydrogens (tertiary/aromatic N) is 2. The summed E-state index contributed by atoms with van der Waals surface area (Å²) in [5, 5.41) is 3.95. The molecule has 1 atom stereocenters. The summed E-state index contributed by atoms with van der Waals surface area (Å²) in [5.41, 5.74) is 6.96. The van der Waals surface area contributed by atoms with Crippen molar-refractivity contribution in [2.45, 2.75) is 43.4 Å². The van der Waals surface area contributed by atoms with Gasteiger partial charge in [-0.15, -0.1) is 11.8 Å². The van der Waals surface area contributed by atoms with Crippen molar-refractivity contribution >= 4 is 11.8 Å². The number of hydrogen-bond donors (Lipinski definition) is 1. The Morgan fingerprint density at radius 3 is 2.42 bits per heavy atom. The molecular formula is C14H19N3OS. The van der Waals surface area contributed by atoms with Crippen LogP contribution in [0.4, 0.5) is 0 Å². The first-order valence-corrected chi connectivity index (χ1v) is 7.35. The third kappa shape index (κ3) is 3.81. The van der Waals surface area contributed by atoms with E-state index in [0.29, 0.717) is 17.6 Å². The van der Waals surface area contributed by atoms with Crippen molar-refractivity contribution in [1.29, 1.82) is 0 Å². The molecule has 1 aromatic carbocycles. The largest absolute Gasteiger partial charge is 0.338 e. The standard InChI is InChI=1S/C14H19N3OS/c1-9(2)14-16-13(18-17-14)8-19-12-6-4-11(5-7-12)10(3)15/h4-7,9-10H,8,15H2,1-3H3. The zero-order chi connectivity index (χ0) is 13.8. The summed E-state index contributed by atoms with van der Waals surface area (Å²) in [6.07, 6.45) is 0. The summed E-state index contributed by atoms with van der Waals surface area (Å²) in [6, 6.07) is 8.33. The fourth-order valence-electron chi connectivity index (χ4n) is 1.57. The van der Waals surface area contributed by atoms with Gasteiger partial charge in [-0.1, -0.05) is 31.1 Å². The molecule has 0 aliphatic carbocycles. The maximum Gasteiger partial charge on any atom is 0.237 e. The van der Waals surface area contributed by atoms with Crippen molar-refractivity contribution in [3.63, 3.8) is 0 Å². The summed E-state index contributed by atoms with van der Waals surface area (Å²) < 4.78 is 5.21. The Morgan fingerprint density at radius 2 is 1.89 bits per heavy atom. The van der Waals surface area contributed by atoms with Crippen molar-refractivity contribution in [3.8, 4) is 0 Å². The topological polar surface area (TPSA) is 64.9 Å². The van der Waals surface area contributed by atoms with E-state index in [4.69, 9.17) is 10.3 Å². The van der Waals surface area contributed by atoms with Crippen LogP contribution in [0.5, 0.6) is 0 Å². The summed E-state index contributed by atoms with van der Waals surface area (Å²) in [6.45, 7) is 6.08. The molecule has 102 valence electrons. The van der Waals surface area contributed by atoms with Gasteiger partial charge in [0.15, 0.2) is 5.82 Å². The molecule has 0 amide bonds. The highest BCUT2D eigenvalue weighted by Gasteiger charge is 2.09. The third-order valence-electron chi connectivity index (χ3n) is 2.77. The molecule has 19 heavy (non-hydrogen) atoms. The van der Waals surface area contributed by atoms with Crippen LogP contribution < -0.4 is 5.73 Å². The average Bonchev–Trinajstić information content (AvgIpc) is 2.86. The molecule has 4 nitrogen and oxygen atoms in total. The molecule has 1 heterocycles. The summed E-state index contributed by atoms with van der Waals surface area (Å²) in [7, 11) is 0. The lowest BCUT2D eigenvalue weighted by molar-refractivity contribution is 0.383. The SMILES string of the molecule is CC(C)c1noc(CSc2ccc(C(C)N)cc2)n1. The molecule has 0 bridgehead atoms. The van der Waals surface area contributed by atoms with E-state index in [0.717, 1.165) is 11.4 Å². The van der Waals surface area contributed by atoms with Gasteiger partial charge < -0.3 is 10.3 Å². The second kappa shape index (κ2) is 6.21. The molecular weight excluding hydrogens is 258 g/mol. The molecule has 1 unspecified atom stereocenters. The maximum absolute atomic E-state index is 5.82. The lowest BCUT2D eigenvalue weighted by Crippen LogP contribution is -2.04. The molecule has 2 rings (SSSR count). The first kappa shape index (κ1) is 14.1. The molecule has 0 aliphatic rings. The Balaban J connectivity index is 1.94. The van der Waals surface area contributed by atoms with Crippen LogP contribution in [-0.4, -0.2) is 10.1 Å². The van der Waals surface area contributed by atoms with Crippen molar-refractivity contribution in [2.75, 3.05) is 0 Å². The average molecular weight is 277 g/mol. The predicted molar refractivity (Wildman–Crippen MR) is 77.0 cm³/mol. The summed E-state index contributed by atoms with van der Waals surface area (Å²) in [4.78, 5) is 5.53. The molecule has 2 N–H and O–H groups in total.